The van der Waals surface area contributed by atoms with Gasteiger partial charge in [0, 0.05) is 51.4 Å². The van der Waals surface area contributed by atoms with Crippen LogP contribution >= 0.6 is 24.8 Å². The maximum absolute atomic E-state index is 4.88. The zero-order valence-corrected chi connectivity index (χ0v) is 10.7. The maximum atomic E-state index is 4.88. The predicted octanol–water partition coefficient (Wildman–Crippen LogP) is 1.64. The Morgan fingerprint density at radius 2 is 2.22 bits per heavy atom. The van der Waals surface area contributed by atoms with E-state index in [1.54, 1.807) is 0 Å². The van der Waals surface area contributed by atoms with Gasteiger partial charge in [0.25, 0.3) is 0 Å². The number of ether oxygens (including phenoxy) is 1. The summed E-state index contributed by atoms with van der Waals surface area (Å²) in [5.41, 5.74) is 0. The summed E-state index contributed by atoms with van der Waals surface area (Å²) in [6.45, 7) is 2.81. The number of hydrogen-bond acceptors (Lipinski definition) is 2. The van der Waals surface area contributed by atoms with Crippen molar-refractivity contribution < 1.29 is 4.74 Å². The van der Waals surface area contributed by atoms with Gasteiger partial charge in [-0.3, -0.25) is 0 Å². The molecule has 0 heterocycles. The Morgan fingerprint density at radius 3 is 2.56 bits per heavy atom. The van der Waals surface area contributed by atoms with E-state index in [1.165, 1.54) is 0 Å². The van der Waals surface area contributed by atoms with Crippen molar-refractivity contribution in [2.75, 3.05) is 6.61 Å². The van der Waals surface area contributed by atoms with E-state index < -0.39 is 0 Å². The van der Waals surface area contributed by atoms with Crippen molar-refractivity contribution in [3.8, 4) is 0 Å². The van der Waals surface area contributed by atoms with E-state index in [4.69, 9.17) is 4.74 Å². The van der Waals surface area contributed by atoms with Gasteiger partial charge in [0.1, 0.15) is 0 Å². The fourth-order valence-electron chi connectivity index (χ4n) is 0.304. The Kier molecular flexibility index (Phi) is 14.8. The van der Waals surface area contributed by atoms with Crippen LogP contribution < -0.4 is 0 Å². The zero-order valence-electron chi connectivity index (χ0n) is 5.89. The molecular formula is C5H10KOS2. The topological polar surface area (TPSA) is 9.23 Å². The Hall–Kier alpha value is 1.88. The number of unbranched alkanes of at least 4 members (excludes halogenated alkanes) is 1. The third-order valence-electron chi connectivity index (χ3n) is 0.723. The molecule has 0 saturated heterocycles. The van der Waals surface area contributed by atoms with Crippen molar-refractivity contribution in [2.45, 2.75) is 19.8 Å². The minimum atomic E-state index is 0. The molecule has 0 fully saturated rings. The van der Waals surface area contributed by atoms with E-state index in [0.717, 1.165) is 12.8 Å². The first-order valence-electron chi connectivity index (χ1n) is 2.63. The molecule has 0 amide bonds. The standard InChI is InChI=1S/C5H10OS2.K/c1-2-3-4-6-5(7)8;/h2-4H2,1H3,(H,7,8);. The molecule has 1 radical (unpaired) electrons. The average molecular weight is 189 g/mol. The van der Waals surface area contributed by atoms with Crippen molar-refractivity contribution in [3.05, 3.63) is 0 Å². The summed E-state index contributed by atoms with van der Waals surface area (Å²) in [7, 11) is 0. The van der Waals surface area contributed by atoms with Gasteiger partial charge in [-0.2, -0.15) is 0 Å². The van der Waals surface area contributed by atoms with Crippen molar-refractivity contribution in [1.29, 1.82) is 0 Å². The van der Waals surface area contributed by atoms with Gasteiger partial charge in [0.15, 0.2) is 0 Å². The molecule has 49 valence electrons. The van der Waals surface area contributed by atoms with Crippen molar-refractivity contribution in [2.24, 2.45) is 0 Å². The monoisotopic (exact) mass is 189 g/mol. The van der Waals surface area contributed by atoms with Crippen LogP contribution in [0.2, 0.25) is 0 Å². The van der Waals surface area contributed by atoms with E-state index in [1.807, 2.05) is 0 Å². The molecule has 4 heteroatoms. The van der Waals surface area contributed by atoms with Gasteiger partial charge in [-0.1, -0.05) is 26.0 Å². The second-order valence-electron chi connectivity index (χ2n) is 1.47. The van der Waals surface area contributed by atoms with Gasteiger partial charge in [-0.05, 0) is 18.6 Å². The normalized spacial score (nSPS) is 7.78. The van der Waals surface area contributed by atoms with Crippen molar-refractivity contribution in [3.63, 3.8) is 0 Å². The van der Waals surface area contributed by atoms with Gasteiger partial charge in [0.2, 0.25) is 4.38 Å². The third kappa shape index (κ3) is 13.0. The van der Waals surface area contributed by atoms with E-state index in [9.17, 15) is 0 Å². The van der Waals surface area contributed by atoms with E-state index in [2.05, 4.69) is 31.8 Å². The van der Waals surface area contributed by atoms with Gasteiger partial charge in [-0.15, -0.1) is 0 Å². The fourth-order valence-corrected chi connectivity index (χ4v) is 0.478. The molecule has 0 bridgehead atoms. The van der Waals surface area contributed by atoms with Crippen molar-refractivity contribution >= 4 is 80.6 Å². The molecule has 0 atom stereocenters. The molecule has 0 saturated carbocycles. The Morgan fingerprint density at radius 1 is 1.67 bits per heavy atom. The number of thiocarbonyl (C=S) groups is 1. The van der Waals surface area contributed by atoms with Crippen LogP contribution in [0.3, 0.4) is 0 Å². The van der Waals surface area contributed by atoms with Crippen LogP contribution in [0.4, 0.5) is 0 Å². The molecule has 0 aromatic rings. The van der Waals surface area contributed by atoms with Gasteiger partial charge in [0.05, 0.1) is 6.61 Å². The number of hydrogen-bond donors (Lipinski definition) is 1. The molecule has 0 unspecified atom stereocenters. The fraction of sp³-hybridized carbons (Fsp3) is 0.800. The van der Waals surface area contributed by atoms with Crippen LogP contribution in [-0.2, 0) is 4.74 Å². The van der Waals surface area contributed by atoms with Gasteiger partial charge < -0.3 is 4.74 Å². The molecule has 0 aromatic carbocycles. The quantitative estimate of drug-likeness (QED) is 0.313. The van der Waals surface area contributed by atoms with Crippen LogP contribution in [-0.4, -0.2) is 62.4 Å². The minimum absolute atomic E-state index is 0. The molecule has 0 spiro atoms. The Bertz CT molecular complexity index is 77.4. The first-order valence-corrected chi connectivity index (χ1v) is 3.48. The van der Waals surface area contributed by atoms with Crippen LogP contribution in [0.25, 0.3) is 0 Å². The first kappa shape index (κ1) is 13.5. The Labute approximate surface area is 110 Å². The zero-order chi connectivity index (χ0) is 6.41. The van der Waals surface area contributed by atoms with Crippen molar-refractivity contribution in [1.82, 2.24) is 0 Å². The number of rotatable bonds is 3. The molecule has 0 aliphatic rings. The third-order valence-corrected chi connectivity index (χ3v) is 0.970. The predicted molar refractivity (Wildman–Crippen MR) is 48.2 cm³/mol. The molecule has 0 rings (SSSR count). The van der Waals surface area contributed by atoms with Gasteiger partial charge >= 0.3 is 0 Å². The summed E-state index contributed by atoms with van der Waals surface area (Å²) < 4.78 is 5.22. The molecule has 0 aliphatic heterocycles. The largest absolute Gasteiger partial charge is 0.479 e. The van der Waals surface area contributed by atoms with Crippen LogP contribution in [0.15, 0.2) is 0 Å². The molecule has 0 N–H and O–H groups in total. The Balaban J connectivity index is 0. The second-order valence-corrected chi connectivity index (χ2v) is 2.55. The maximum Gasteiger partial charge on any atom is 0.216 e. The molecule has 9 heavy (non-hydrogen) atoms. The number of thiol groups is 1. The van der Waals surface area contributed by atoms with E-state index in [0.29, 0.717) is 11.0 Å². The molecular weight excluding hydrogens is 179 g/mol. The summed E-state index contributed by atoms with van der Waals surface area (Å²) in [6.07, 6.45) is 2.19. The summed E-state index contributed by atoms with van der Waals surface area (Å²) in [6, 6.07) is 0. The minimum Gasteiger partial charge on any atom is -0.479 e. The summed E-state index contributed by atoms with van der Waals surface area (Å²) in [5, 5.41) is 0. The summed E-state index contributed by atoms with van der Waals surface area (Å²) in [5.74, 6) is 0. The second kappa shape index (κ2) is 9.88. The SMILES string of the molecule is CCCCOC(=S)S.[K]. The first-order chi connectivity index (χ1) is 3.77. The van der Waals surface area contributed by atoms with Crippen LogP contribution in [0, 0.1) is 0 Å². The van der Waals surface area contributed by atoms with E-state index >= 15 is 0 Å². The van der Waals surface area contributed by atoms with Crippen LogP contribution in [0.1, 0.15) is 19.8 Å². The molecule has 1 nitrogen and oxygen atoms in total. The molecule has 0 aromatic heterocycles. The average Bonchev–Trinajstić information content (AvgIpc) is 1.66. The smallest absolute Gasteiger partial charge is 0.216 e. The van der Waals surface area contributed by atoms with Gasteiger partial charge in [-0.25, -0.2) is 0 Å². The molecule has 0 aliphatic carbocycles. The van der Waals surface area contributed by atoms with E-state index in [-0.39, 0.29) is 51.4 Å². The summed E-state index contributed by atoms with van der Waals surface area (Å²) >= 11 is 8.33. The van der Waals surface area contributed by atoms with Crippen LogP contribution in [0.5, 0.6) is 0 Å². The summed E-state index contributed by atoms with van der Waals surface area (Å²) in [4.78, 5) is 0.